The summed E-state index contributed by atoms with van der Waals surface area (Å²) in [5, 5.41) is 9.58. The highest BCUT2D eigenvalue weighted by molar-refractivity contribution is 4.88. The van der Waals surface area contributed by atoms with E-state index >= 15 is 0 Å². The Morgan fingerprint density at radius 2 is 1.89 bits per heavy atom. The van der Waals surface area contributed by atoms with Gasteiger partial charge in [0.2, 0.25) is 0 Å². The molecule has 0 amide bonds. The van der Waals surface area contributed by atoms with Gasteiger partial charge < -0.3 is 15.6 Å². The zero-order chi connectivity index (χ0) is 14.8. The summed E-state index contributed by atoms with van der Waals surface area (Å²) in [5.41, 5.74) is 6.52. The lowest BCUT2D eigenvalue weighted by molar-refractivity contribution is -0.101. The van der Waals surface area contributed by atoms with Crippen LogP contribution in [0.25, 0.3) is 0 Å². The van der Waals surface area contributed by atoms with Gasteiger partial charge in [-0.2, -0.15) is 0 Å². The first kappa shape index (κ1) is 16.9. The zero-order valence-electron chi connectivity index (χ0n) is 13.6. The Bertz CT molecular complexity index is 283. The van der Waals surface area contributed by atoms with Crippen molar-refractivity contribution < 1.29 is 9.84 Å². The van der Waals surface area contributed by atoms with Gasteiger partial charge in [0, 0.05) is 6.04 Å². The monoisotopic (exact) mass is 271 g/mol. The number of nitrogens with two attached hydrogens (primary N) is 1. The van der Waals surface area contributed by atoms with Crippen molar-refractivity contribution >= 4 is 0 Å². The van der Waals surface area contributed by atoms with Gasteiger partial charge in [0.05, 0.1) is 18.8 Å². The Hall–Kier alpha value is -0.120. The molecule has 0 spiro atoms. The highest BCUT2D eigenvalue weighted by Gasteiger charge is 2.36. The Morgan fingerprint density at radius 3 is 2.32 bits per heavy atom. The second-order valence-corrected chi connectivity index (χ2v) is 8.28. The highest BCUT2D eigenvalue weighted by atomic mass is 16.5. The normalized spacial score (nSPS) is 30.9. The molecular formula is C16H33NO2. The molecule has 4 atom stereocenters. The first-order valence-electron chi connectivity index (χ1n) is 7.57. The van der Waals surface area contributed by atoms with Gasteiger partial charge in [-0.25, -0.2) is 0 Å². The van der Waals surface area contributed by atoms with Crippen molar-refractivity contribution in [2.75, 3.05) is 6.61 Å². The number of rotatable bonds is 4. The van der Waals surface area contributed by atoms with E-state index in [4.69, 9.17) is 10.5 Å². The van der Waals surface area contributed by atoms with E-state index in [1.54, 1.807) is 0 Å². The summed E-state index contributed by atoms with van der Waals surface area (Å²) in [7, 11) is 0. The molecule has 19 heavy (non-hydrogen) atoms. The van der Waals surface area contributed by atoms with Crippen molar-refractivity contribution in [3.63, 3.8) is 0 Å². The molecule has 0 aromatic carbocycles. The molecule has 0 saturated heterocycles. The van der Waals surface area contributed by atoms with Crippen LogP contribution in [0, 0.1) is 16.7 Å². The van der Waals surface area contributed by atoms with Crippen LogP contribution in [0.4, 0.5) is 0 Å². The van der Waals surface area contributed by atoms with E-state index in [1.165, 1.54) is 6.42 Å². The van der Waals surface area contributed by atoms with Gasteiger partial charge in [-0.1, -0.05) is 41.5 Å². The van der Waals surface area contributed by atoms with Crippen molar-refractivity contribution in [1.29, 1.82) is 0 Å². The summed E-state index contributed by atoms with van der Waals surface area (Å²) in [6.45, 7) is 13.2. The number of aliphatic hydroxyl groups is 1. The van der Waals surface area contributed by atoms with Crippen LogP contribution in [0.15, 0.2) is 0 Å². The number of hydrogen-bond acceptors (Lipinski definition) is 3. The van der Waals surface area contributed by atoms with Crippen LogP contribution >= 0.6 is 0 Å². The second-order valence-electron chi connectivity index (χ2n) is 8.28. The van der Waals surface area contributed by atoms with Crippen molar-refractivity contribution in [2.24, 2.45) is 22.5 Å². The van der Waals surface area contributed by atoms with Gasteiger partial charge in [0.1, 0.15) is 0 Å². The van der Waals surface area contributed by atoms with Gasteiger partial charge in [-0.15, -0.1) is 0 Å². The van der Waals surface area contributed by atoms with E-state index in [-0.39, 0.29) is 30.3 Å². The van der Waals surface area contributed by atoms with Gasteiger partial charge >= 0.3 is 0 Å². The number of hydrogen-bond donors (Lipinski definition) is 2. The van der Waals surface area contributed by atoms with E-state index in [2.05, 4.69) is 41.5 Å². The molecule has 0 aliphatic heterocycles. The highest BCUT2D eigenvalue weighted by Crippen LogP contribution is 2.40. The first-order valence-corrected chi connectivity index (χ1v) is 7.57. The number of ether oxygens (including phenoxy) is 1. The molecule has 1 saturated carbocycles. The minimum absolute atomic E-state index is 0.00372. The van der Waals surface area contributed by atoms with E-state index < -0.39 is 0 Å². The fourth-order valence-corrected chi connectivity index (χ4v) is 3.41. The van der Waals surface area contributed by atoms with Crippen LogP contribution in [0.1, 0.15) is 60.8 Å². The lowest BCUT2D eigenvalue weighted by atomic mass is 9.71. The maximum Gasteiger partial charge on any atom is 0.0964 e. The van der Waals surface area contributed by atoms with Gasteiger partial charge in [-0.05, 0) is 36.0 Å². The first-order chi connectivity index (χ1) is 8.55. The van der Waals surface area contributed by atoms with Gasteiger partial charge in [0.25, 0.3) is 0 Å². The van der Waals surface area contributed by atoms with Crippen molar-refractivity contribution in [1.82, 2.24) is 0 Å². The van der Waals surface area contributed by atoms with E-state index in [1.807, 2.05) is 0 Å². The molecule has 114 valence electrons. The molecule has 1 aliphatic carbocycles. The molecule has 4 unspecified atom stereocenters. The SMILES string of the molecule is CC1CC(OC(CO)C(N)C(C)(C)C)CC(C)(C)C1. The summed E-state index contributed by atoms with van der Waals surface area (Å²) in [4.78, 5) is 0. The van der Waals surface area contributed by atoms with Crippen LogP contribution in [-0.4, -0.2) is 30.0 Å². The van der Waals surface area contributed by atoms with E-state index in [9.17, 15) is 5.11 Å². The summed E-state index contributed by atoms with van der Waals surface area (Å²) < 4.78 is 6.16. The third kappa shape index (κ3) is 5.05. The lowest BCUT2D eigenvalue weighted by Gasteiger charge is -2.42. The van der Waals surface area contributed by atoms with Crippen LogP contribution in [0.2, 0.25) is 0 Å². The Labute approximate surface area is 118 Å². The minimum Gasteiger partial charge on any atom is -0.394 e. The lowest BCUT2D eigenvalue weighted by Crippen LogP contribution is -2.50. The zero-order valence-corrected chi connectivity index (χ0v) is 13.6. The topological polar surface area (TPSA) is 55.5 Å². The Balaban J connectivity index is 2.65. The quantitative estimate of drug-likeness (QED) is 0.826. The molecule has 1 rings (SSSR count). The third-order valence-corrected chi connectivity index (χ3v) is 4.29. The summed E-state index contributed by atoms with van der Waals surface area (Å²) in [6, 6.07) is -0.141. The fourth-order valence-electron chi connectivity index (χ4n) is 3.41. The molecule has 0 aromatic rings. The largest absolute Gasteiger partial charge is 0.394 e. The summed E-state index contributed by atoms with van der Waals surface area (Å²) >= 11 is 0. The molecular weight excluding hydrogens is 238 g/mol. The average Bonchev–Trinajstić information content (AvgIpc) is 2.20. The number of aliphatic hydroxyl groups excluding tert-OH is 1. The third-order valence-electron chi connectivity index (χ3n) is 4.29. The molecule has 0 bridgehead atoms. The molecule has 0 heterocycles. The predicted molar refractivity (Wildman–Crippen MR) is 80.0 cm³/mol. The second kappa shape index (κ2) is 6.11. The van der Waals surface area contributed by atoms with Crippen LogP contribution in [-0.2, 0) is 4.74 Å². The molecule has 1 aliphatic rings. The van der Waals surface area contributed by atoms with Crippen molar-refractivity contribution in [2.45, 2.75) is 79.1 Å². The molecule has 0 aromatic heterocycles. The molecule has 3 nitrogen and oxygen atoms in total. The van der Waals surface area contributed by atoms with Crippen LogP contribution < -0.4 is 5.73 Å². The summed E-state index contributed by atoms with van der Waals surface area (Å²) in [5.74, 6) is 0.680. The molecule has 1 fully saturated rings. The van der Waals surface area contributed by atoms with Crippen LogP contribution in [0.3, 0.4) is 0 Å². The Kier molecular flexibility index (Phi) is 5.44. The van der Waals surface area contributed by atoms with Crippen molar-refractivity contribution in [3.05, 3.63) is 0 Å². The maximum atomic E-state index is 9.58. The smallest absolute Gasteiger partial charge is 0.0964 e. The predicted octanol–water partition coefficient (Wildman–Crippen LogP) is 2.95. The average molecular weight is 271 g/mol. The molecule has 0 radical (unpaired) electrons. The molecule has 3 heteroatoms. The van der Waals surface area contributed by atoms with Gasteiger partial charge in [-0.3, -0.25) is 0 Å². The maximum absolute atomic E-state index is 9.58. The minimum atomic E-state index is -0.258. The van der Waals surface area contributed by atoms with Crippen LogP contribution in [0.5, 0.6) is 0 Å². The van der Waals surface area contributed by atoms with E-state index in [0.717, 1.165) is 12.8 Å². The molecule has 3 N–H and O–H groups in total. The summed E-state index contributed by atoms with van der Waals surface area (Å²) in [6.07, 6.45) is 3.36. The van der Waals surface area contributed by atoms with Gasteiger partial charge in [0.15, 0.2) is 0 Å². The fraction of sp³-hybridized carbons (Fsp3) is 1.00. The van der Waals surface area contributed by atoms with Crippen molar-refractivity contribution in [3.8, 4) is 0 Å². The Morgan fingerprint density at radius 1 is 1.32 bits per heavy atom. The standard InChI is InChI=1S/C16H33NO2/c1-11-7-12(9-16(5,6)8-11)19-13(10-18)14(17)15(2,3)4/h11-14,18H,7-10,17H2,1-6H3. The van der Waals surface area contributed by atoms with E-state index in [0.29, 0.717) is 11.3 Å².